The SMILES string of the molecule is CCCCCC(OC(=O)CCl)C(O)C/C=C\CCCCCCCC(=O)NCC. The lowest BCUT2D eigenvalue weighted by molar-refractivity contribution is -0.152. The Hall–Kier alpha value is -1.07. The molecule has 1 amide bonds. The van der Waals surface area contributed by atoms with Crippen LogP contribution in [0.2, 0.25) is 0 Å². The maximum Gasteiger partial charge on any atom is 0.321 e. The van der Waals surface area contributed by atoms with Crippen LogP contribution in [0.1, 0.15) is 90.9 Å². The standard InChI is InChI=1S/C22H40ClNO4/c1-3-5-12-16-20(28-22(27)18-23)19(25)15-13-10-8-6-7-9-11-14-17-21(26)24-4-2/h10,13,19-20,25H,3-9,11-12,14-18H2,1-2H3,(H,24,26)/b13-10-. The van der Waals surface area contributed by atoms with Gasteiger partial charge in [-0.05, 0) is 45.4 Å². The second-order valence-electron chi connectivity index (χ2n) is 7.19. The molecule has 2 unspecified atom stereocenters. The summed E-state index contributed by atoms with van der Waals surface area (Å²) in [5, 5.41) is 13.1. The Morgan fingerprint density at radius 1 is 1.04 bits per heavy atom. The first-order valence-corrected chi connectivity index (χ1v) is 11.4. The zero-order valence-electron chi connectivity index (χ0n) is 17.8. The van der Waals surface area contributed by atoms with E-state index in [4.69, 9.17) is 16.3 Å². The summed E-state index contributed by atoms with van der Waals surface area (Å²) >= 11 is 5.51. The molecule has 0 radical (unpaired) electrons. The Balaban J connectivity index is 3.88. The van der Waals surface area contributed by atoms with Crippen molar-refractivity contribution in [2.24, 2.45) is 0 Å². The van der Waals surface area contributed by atoms with Crippen molar-refractivity contribution in [3.05, 3.63) is 12.2 Å². The number of amides is 1. The van der Waals surface area contributed by atoms with Crippen molar-refractivity contribution in [1.82, 2.24) is 5.32 Å². The third-order valence-electron chi connectivity index (χ3n) is 4.61. The molecule has 0 aromatic rings. The van der Waals surface area contributed by atoms with Gasteiger partial charge in [-0.3, -0.25) is 9.59 Å². The second kappa shape index (κ2) is 19.3. The summed E-state index contributed by atoms with van der Waals surface area (Å²) in [4.78, 5) is 22.8. The minimum atomic E-state index is -0.686. The van der Waals surface area contributed by atoms with E-state index in [1.807, 2.05) is 13.0 Å². The normalized spacial score (nSPS) is 13.4. The highest BCUT2D eigenvalue weighted by Gasteiger charge is 2.21. The molecule has 0 aromatic carbocycles. The van der Waals surface area contributed by atoms with E-state index in [-0.39, 0.29) is 11.8 Å². The van der Waals surface area contributed by atoms with Crippen LogP contribution in [0, 0.1) is 0 Å². The van der Waals surface area contributed by atoms with Gasteiger partial charge < -0.3 is 15.2 Å². The number of allylic oxidation sites excluding steroid dienone is 1. The molecule has 6 heteroatoms. The number of halogens is 1. The summed E-state index contributed by atoms with van der Waals surface area (Å²) in [5.74, 6) is -0.511. The highest BCUT2D eigenvalue weighted by Crippen LogP contribution is 2.15. The van der Waals surface area contributed by atoms with Gasteiger partial charge >= 0.3 is 5.97 Å². The number of ether oxygens (including phenoxy) is 1. The fourth-order valence-electron chi connectivity index (χ4n) is 2.99. The topological polar surface area (TPSA) is 75.6 Å². The van der Waals surface area contributed by atoms with Crippen LogP contribution in [0.4, 0.5) is 0 Å². The first-order valence-electron chi connectivity index (χ1n) is 10.9. The molecule has 0 saturated carbocycles. The summed E-state index contributed by atoms with van der Waals surface area (Å²) in [6, 6.07) is 0. The van der Waals surface area contributed by atoms with Gasteiger partial charge in [0.2, 0.25) is 5.91 Å². The molecular formula is C22H40ClNO4. The van der Waals surface area contributed by atoms with Crippen molar-refractivity contribution < 1.29 is 19.4 Å². The minimum Gasteiger partial charge on any atom is -0.459 e. The molecular weight excluding hydrogens is 378 g/mol. The van der Waals surface area contributed by atoms with Gasteiger partial charge in [-0.15, -0.1) is 11.6 Å². The third-order valence-corrected chi connectivity index (χ3v) is 4.82. The Kier molecular flexibility index (Phi) is 18.5. The number of hydrogen-bond acceptors (Lipinski definition) is 4. The van der Waals surface area contributed by atoms with Crippen molar-refractivity contribution in [3.63, 3.8) is 0 Å². The number of aliphatic hydroxyl groups is 1. The van der Waals surface area contributed by atoms with Gasteiger partial charge in [0.25, 0.3) is 0 Å². The highest BCUT2D eigenvalue weighted by molar-refractivity contribution is 6.26. The van der Waals surface area contributed by atoms with Crippen molar-refractivity contribution in [3.8, 4) is 0 Å². The number of esters is 1. The van der Waals surface area contributed by atoms with E-state index in [1.54, 1.807) is 0 Å². The molecule has 0 aliphatic carbocycles. The number of alkyl halides is 1. The van der Waals surface area contributed by atoms with Crippen LogP contribution < -0.4 is 5.32 Å². The lowest BCUT2D eigenvalue weighted by Gasteiger charge is -2.22. The molecule has 2 atom stereocenters. The maximum atomic E-state index is 11.4. The zero-order chi connectivity index (χ0) is 21.0. The van der Waals surface area contributed by atoms with Crippen molar-refractivity contribution in [2.45, 2.75) is 103 Å². The van der Waals surface area contributed by atoms with Crippen LogP contribution >= 0.6 is 11.6 Å². The summed E-state index contributed by atoms with van der Waals surface area (Å²) in [6.07, 6.45) is 14.2. The summed E-state index contributed by atoms with van der Waals surface area (Å²) in [6.45, 7) is 4.75. The van der Waals surface area contributed by atoms with E-state index in [0.717, 1.165) is 57.8 Å². The van der Waals surface area contributed by atoms with Crippen LogP contribution in [0.5, 0.6) is 0 Å². The lowest BCUT2D eigenvalue weighted by Crippen LogP contribution is -2.31. The Morgan fingerprint density at radius 2 is 1.75 bits per heavy atom. The van der Waals surface area contributed by atoms with Crippen LogP contribution in [-0.2, 0) is 14.3 Å². The number of aliphatic hydroxyl groups excluding tert-OH is 1. The molecule has 0 heterocycles. The van der Waals surface area contributed by atoms with Gasteiger partial charge in [0, 0.05) is 13.0 Å². The highest BCUT2D eigenvalue weighted by atomic mass is 35.5. The number of unbranched alkanes of at least 4 members (excludes halogenated alkanes) is 7. The average molecular weight is 418 g/mol. The van der Waals surface area contributed by atoms with Crippen molar-refractivity contribution >= 4 is 23.5 Å². The van der Waals surface area contributed by atoms with Gasteiger partial charge in [-0.1, -0.05) is 51.2 Å². The molecule has 0 rings (SSSR count). The third kappa shape index (κ3) is 15.9. The number of carbonyl (C=O) groups excluding carboxylic acids is 2. The molecule has 0 bridgehead atoms. The van der Waals surface area contributed by atoms with Gasteiger partial charge in [0.05, 0.1) is 6.10 Å². The van der Waals surface area contributed by atoms with Gasteiger partial charge in [0.15, 0.2) is 0 Å². The van der Waals surface area contributed by atoms with Crippen LogP contribution in [0.3, 0.4) is 0 Å². The van der Waals surface area contributed by atoms with Crippen LogP contribution in [0.25, 0.3) is 0 Å². The number of carbonyl (C=O) groups is 2. The molecule has 0 aliphatic rings. The molecule has 2 N–H and O–H groups in total. The number of hydrogen-bond donors (Lipinski definition) is 2. The molecule has 0 aromatic heterocycles. The minimum absolute atomic E-state index is 0.147. The van der Waals surface area contributed by atoms with Gasteiger partial charge in [-0.25, -0.2) is 0 Å². The molecule has 5 nitrogen and oxygen atoms in total. The van der Waals surface area contributed by atoms with E-state index < -0.39 is 18.2 Å². The van der Waals surface area contributed by atoms with Crippen LogP contribution in [-0.4, -0.2) is 41.6 Å². The van der Waals surface area contributed by atoms with E-state index in [9.17, 15) is 14.7 Å². The quantitative estimate of drug-likeness (QED) is 0.144. The first kappa shape index (κ1) is 26.9. The summed E-state index contributed by atoms with van der Waals surface area (Å²) in [5.41, 5.74) is 0. The van der Waals surface area contributed by atoms with Gasteiger partial charge in [0.1, 0.15) is 12.0 Å². The Bertz CT molecular complexity index is 429. The van der Waals surface area contributed by atoms with Crippen molar-refractivity contribution in [1.29, 1.82) is 0 Å². The summed E-state index contributed by atoms with van der Waals surface area (Å²) < 4.78 is 5.29. The molecule has 164 valence electrons. The monoisotopic (exact) mass is 417 g/mol. The largest absolute Gasteiger partial charge is 0.459 e. The lowest BCUT2D eigenvalue weighted by atomic mass is 10.0. The van der Waals surface area contributed by atoms with E-state index in [1.165, 1.54) is 0 Å². The van der Waals surface area contributed by atoms with E-state index in [0.29, 0.717) is 25.8 Å². The molecule has 0 fully saturated rings. The fraction of sp³-hybridized carbons (Fsp3) is 0.818. The van der Waals surface area contributed by atoms with Crippen molar-refractivity contribution in [2.75, 3.05) is 12.4 Å². The number of nitrogens with one attached hydrogen (secondary N) is 1. The van der Waals surface area contributed by atoms with E-state index >= 15 is 0 Å². The molecule has 28 heavy (non-hydrogen) atoms. The Morgan fingerprint density at radius 3 is 2.43 bits per heavy atom. The Labute approximate surface area is 176 Å². The number of rotatable bonds is 18. The predicted octanol–water partition coefficient (Wildman–Crippen LogP) is 4.89. The smallest absolute Gasteiger partial charge is 0.321 e. The molecule has 0 saturated heterocycles. The molecule has 0 spiro atoms. The molecule has 0 aliphatic heterocycles. The van der Waals surface area contributed by atoms with Crippen LogP contribution in [0.15, 0.2) is 12.2 Å². The van der Waals surface area contributed by atoms with E-state index in [2.05, 4.69) is 18.3 Å². The fourth-order valence-corrected chi connectivity index (χ4v) is 3.06. The summed E-state index contributed by atoms with van der Waals surface area (Å²) in [7, 11) is 0. The second-order valence-corrected chi connectivity index (χ2v) is 7.46. The predicted molar refractivity (Wildman–Crippen MR) is 116 cm³/mol. The average Bonchev–Trinajstić information content (AvgIpc) is 2.68. The van der Waals surface area contributed by atoms with Gasteiger partial charge in [-0.2, -0.15) is 0 Å². The first-order chi connectivity index (χ1) is 13.5. The maximum absolute atomic E-state index is 11.4. The zero-order valence-corrected chi connectivity index (χ0v) is 18.5.